The van der Waals surface area contributed by atoms with E-state index in [2.05, 4.69) is 154 Å². The molecule has 0 saturated heterocycles. The molecule has 4 nitrogen and oxygen atoms in total. The molecule has 0 bridgehead atoms. The summed E-state index contributed by atoms with van der Waals surface area (Å²) in [7, 11) is 0. The van der Waals surface area contributed by atoms with Gasteiger partial charge in [-0.25, -0.2) is 0 Å². The zero-order valence-corrected chi connectivity index (χ0v) is 37.4. The van der Waals surface area contributed by atoms with Crippen molar-refractivity contribution in [3.05, 3.63) is 167 Å². The second-order valence-corrected chi connectivity index (χ2v) is 13.8. The van der Waals surface area contributed by atoms with E-state index < -0.39 is 0 Å². The van der Waals surface area contributed by atoms with Crippen LogP contribution in [0.3, 0.4) is 0 Å². The molecule has 0 fully saturated rings. The third-order valence-electron chi connectivity index (χ3n) is 8.43. The number of hydrogen-bond acceptors (Lipinski definition) is 0. The predicted octanol–water partition coefficient (Wildman–Crippen LogP) is 15.7. The molecule has 4 aromatic carbocycles. The van der Waals surface area contributed by atoms with Crippen LogP contribution in [0.2, 0.25) is 0 Å². The van der Waals surface area contributed by atoms with Crippen LogP contribution in [0, 0.1) is 14.9 Å². The van der Waals surface area contributed by atoms with E-state index in [0.717, 1.165) is 37.3 Å². The molecule has 4 rings (SSSR count). The zero-order chi connectivity index (χ0) is 35.1. The molecule has 0 aliphatic rings. The van der Waals surface area contributed by atoms with E-state index >= 15 is 0 Å². The average Bonchev–Trinajstić information content (AvgIpc) is 3.09. The van der Waals surface area contributed by atoms with Gasteiger partial charge in [-0.2, -0.15) is 12.3 Å². The molecule has 0 saturated carbocycles. The van der Waals surface area contributed by atoms with Crippen molar-refractivity contribution in [2.75, 3.05) is 13.1 Å². The van der Waals surface area contributed by atoms with Gasteiger partial charge in [0.05, 0.1) is 0 Å². The maximum absolute atomic E-state index is 5.14. The summed E-state index contributed by atoms with van der Waals surface area (Å²) in [6.45, 7) is 23.9. The van der Waals surface area contributed by atoms with Gasteiger partial charge >= 0.3 is 0 Å². The first-order valence-electron chi connectivity index (χ1n) is 18.2. The van der Waals surface area contributed by atoms with Crippen molar-refractivity contribution in [2.45, 2.75) is 118 Å². The van der Waals surface area contributed by atoms with E-state index in [1.165, 1.54) is 33.4 Å². The minimum Gasteiger partial charge on any atom is -0.695 e. The van der Waals surface area contributed by atoms with Crippen molar-refractivity contribution in [2.24, 2.45) is 0 Å². The maximum Gasteiger partial charge on any atom is 0 e. The summed E-state index contributed by atoms with van der Waals surface area (Å²) >= 11 is 0. The second-order valence-electron chi connectivity index (χ2n) is 13.8. The first-order valence-corrected chi connectivity index (χ1v) is 18.2. The number of para-hydroxylation sites is 2. The number of rotatable bonds is 16. The van der Waals surface area contributed by atoms with Crippen LogP contribution in [0.15, 0.2) is 97.1 Å². The van der Waals surface area contributed by atoms with Gasteiger partial charge in [0.15, 0.2) is 0 Å². The van der Waals surface area contributed by atoms with Crippen molar-refractivity contribution in [3.63, 3.8) is 0 Å². The van der Waals surface area contributed by atoms with Gasteiger partial charge in [-0.15, -0.1) is 24.5 Å². The third kappa shape index (κ3) is 14.7. The van der Waals surface area contributed by atoms with Crippen molar-refractivity contribution in [1.29, 1.82) is 0 Å². The quantitative estimate of drug-likeness (QED) is 0.0796. The van der Waals surface area contributed by atoms with E-state index in [4.69, 9.17) is 21.3 Å². The smallest absolute Gasteiger partial charge is 0 e. The van der Waals surface area contributed by atoms with Crippen LogP contribution in [-0.4, -0.2) is 13.1 Å². The minimum absolute atomic E-state index is 0. The van der Waals surface area contributed by atoms with Crippen LogP contribution in [0.5, 0.6) is 0 Å². The SMILES string of the molecule is CCC[N-]C([N-]c1c(C(C)C)cccc1C(C)C)c1ccccc1.CCC[N-]C([N-]c1c(C(C)C)cccc1C(C)C)c1ccccc1.[CH3-].[CH3-].[Hf]. The first-order chi connectivity index (χ1) is 23.1. The molecule has 0 spiro atoms. The Labute approximate surface area is 333 Å². The van der Waals surface area contributed by atoms with Crippen LogP contribution in [0.25, 0.3) is 21.3 Å². The average molecular weight is 854 g/mol. The molecule has 5 heteroatoms. The van der Waals surface area contributed by atoms with Crippen molar-refractivity contribution < 1.29 is 25.8 Å². The first kappa shape index (κ1) is 48.3. The Morgan fingerprint density at radius 1 is 0.412 bits per heavy atom. The molecule has 0 aliphatic heterocycles. The van der Waals surface area contributed by atoms with Gasteiger partial charge in [-0.05, 0) is 23.7 Å². The minimum atomic E-state index is -0.122. The molecule has 0 aromatic heterocycles. The normalized spacial score (nSPS) is 11.9. The Morgan fingerprint density at radius 2 is 0.686 bits per heavy atom. The Kier molecular flexibility index (Phi) is 23.9. The summed E-state index contributed by atoms with van der Waals surface area (Å²) in [5.41, 5.74) is 9.86. The molecular weight excluding hydrogens is 787 g/mol. The van der Waals surface area contributed by atoms with E-state index in [9.17, 15) is 0 Å². The molecule has 51 heavy (non-hydrogen) atoms. The Balaban J connectivity index is 0.000000926. The van der Waals surface area contributed by atoms with Crippen LogP contribution < -0.4 is 0 Å². The molecular formula is C46H66HfN4-6. The standard InChI is InChI=1S/2C22H30N2.2CH3.Hf/c2*1-6-15-23-22(18-11-8-7-9-12-18)24-21-19(16(2)3)13-10-14-20(21)17(4)5;;;/h2*7-14,16-17,22H,6,15H2,1-5H3;2*1H3;/q2*-2;2*-1;. The summed E-state index contributed by atoms with van der Waals surface area (Å²) in [6, 6.07) is 34.0. The molecule has 0 heterocycles. The number of nitrogens with zero attached hydrogens (tertiary/aromatic N) is 4. The van der Waals surface area contributed by atoms with Gasteiger partial charge in [-0.1, -0.05) is 213 Å². The van der Waals surface area contributed by atoms with Crippen molar-refractivity contribution in [1.82, 2.24) is 0 Å². The van der Waals surface area contributed by atoms with Gasteiger partial charge < -0.3 is 36.1 Å². The molecule has 0 N–H and O–H groups in total. The van der Waals surface area contributed by atoms with Gasteiger partial charge in [0, 0.05) is 25.8 Å². The summed E-state index contributed by atoms with van der Waals surface area (Å²) in [6.07, 6.45) is 1.84. The van der Waals surface area contributed by atoms with E-state index in [1.54, 1.807) is 0 Å². The van der Waals surface area contributed by atoms with Crippen LogP contribution in [0.4, 0.5) is 11.4 Å². The van der Waals surface area contributed by atoms with Crippen LogP contribution in [0.1, 0.15) is 151 Å². The number of hydrogen-bond donors (Lipinski definition) is 0. The molecule has 0 radical (unpaired) electrons. The molecule has 0 aliphatic carbocycles. The van der Waals surface area contributed by atoms with Gasteiger partial charge in [-0.3, -0.25) is 0 Å². The predicted molar refractivity (Wildman–Crippen MR) is 224 cm³/mol. The Morgan fingerprint density at radius 3 is 0.922 bits per heavy atom. The van der Waals surface area contributed by atoms with Gasteiger partial charge in [0.1, 0.15) is 0 Å². The Hall–Kier alpha value is -2.73. The van der Waals surface area contributed by atoms with Crippen molar-refractivity contribution >= 4 is 11.4 Å². The summed E-state index contributed by atoms with van der Waals surface area (Å²) in [4.78, 5) is 0. The second kappa shape index (κ2) is 25.3. The van der Waals surface area contributed by atoms with Crippen LogP contribution >= 0.6 is 0 Å². The number of benzene rings is 4. The monoisotopic (exact) mass is 854 g/mol. The maximum atomic E-state index is 5.14. The van der Waals surface area contributed by atoms with Crippen molar-refractivity contribution in [3.8, 4) is 0 Å². The molecule has 4 aromatic rings. The summed E-state index contributed by atoms with van der Waals surface area (Å²) in [5, 5.41) is 20.0. The molecule has 280 valence electrons. The summed E-state index contributed by atoms with van der Waals surface area (Å²) < 4.78 is 0. The van der Waals surface area contributed by atoms with Crippen LogP contribution in [-0.2, 0) is 25.8 Å². The fourth-order valence-corrected chi connectivity index (χ4v) is 5.76. The largest absolute Gasteiger partial charge is 0.695 e. The fraction of sp³-hybridized carbons (Fsp3) is 0.435. The summed E-state index contributed by atoms with van der Waals surface area (Å²) in [5.74, 6) is 1.80. The third-order valence-corrected chi connectivity index (χ3v) is 8.43. The van der Waals surface area contributed by atoms with E-state index in [0.29, 0.717) is 23.7 Å². The zero-order valence-electron chi connectivity index (χ0n) is 33.8. The fourth-order valence-electron chi connectivity index (χ4n) is 5.76. The van der Waals surface area contributed by atoms with E-state index in [1.807, 2.05) is 12.1 Å². The molecule has 2 unspecified atom stereocenters. The van der Waals surface area contributed by atoms with Gasteiger partial charge in [0.2, 0.25) is 0 Å². The Bertz CT molecular complexity index is 1300. The van der Waals surface area contributed by atoms with Gasteiger partial charge in [0.25, 0.3) is 0 Å². The van der Waals surface area contributed by atoms with E-state index in [-0.39, 0.29) is 53.0 Å². The molecule has 0 amide bonds. The molecule has 2 atom stereocenters. The topological polar surface area (TPSA) is 56.4 Å².